The molecule has 2 aromatic heterocycles. The highest BCUT2D eigenvalue weighted by molar-refractivity contribution is 7.19. The molecule has 0 saturated carbocycles. The lowest BCUT2D eigenvalue weighted by molar-refractivity contribution is 1.32. The van der Waals surface area contributed by atoms with Gasteiger partial charge in [-0.05, 0) is 23.9 Å². The number of hydrogen-bond donors (Lipinski definition) is 0. The average molecular weight is 174 g/mol. The van der Waals surface area contributed by atoms with Crippen molar-refractivity contribution in [2.45, 2.75) is 6.92 Å². The van der Waals surface area contributed by atoms with Crippen LogP contribution in [0.2, 0.25) is 0 Å². The summed E-state index contributed by atoms with van der Waals surface area (Å²) in [5, 5.41) is 9.81. The summed E-state index contributed by atoms with van der Waals surface area (Å²) in [6.45, 7) is 2.00. The van der Waals surface area contributed by atoms with Crippen LogP contribution in [0.3, 0.4) is 0 Å². The monoisotopic (exact) mass is 174 g/mol. The predicted octanol–water partition coefficient (Wildman–Crippen LogP) is 2.48. The van der Waals surface area contributed by atoms with E-state index in [1.807, 2.05) is 19.2 Å². The fraction of sp³-hybridized carbons (Fsp3) is 0.111. The first-order valence-electron chi connectivity index (χ1n) is 3.55. The Bertz CT molecular complexity index is 465. The standard InChI is InChI=1S/C9H6N2S/c1-6-4-11-5-9-8(6)2-7(3-10)12-9/h2,4-5H,1H3. The van der Waals surface area contributed by atoms with Gasteiger partial charge in [0.1, 0.15) is 10.9 Å². The van der Waals surface area contributed by atoms with Gasteiger partial charge in [0, 0.05) is 12.4 Å². The number of nitriles is 1. The number of pyridine rings is 1. The molecule has 0 aromatic carbocycles. The third kappa shape index (κ3) is 0.973. The number of hydrogen-bond acceptors (Lipinski definition) is 3. The normalized spacial score (nSPS) is 10.0. The van der Waals surface area contributed by atoms with E-state index in [2.05, 4.69) is 11.1 Å². The van der Waals surface area contributed by atoms with Gasteiger partial charge in [-0.2, -0.15) is 5.26 Å². The number of rotatable bonds is 0. The van der Waals surface area contributed by atoms with E-state index in [9.17, 15) is 0 Å². The summed E-state index contributed by atoms with van der Waals surface area (Å²) in [4.78, 5) is 4.81. The molecule has 0 radical (unpaired) electrons. The molecular formula is C9H6N2S. The van der Waals surface area contributed by atoms with Gasteiger partial charge in [0.2, 0.25) is 0 Å². The van der Waals surface area contributed by atoms with Gasteiger partial charge in [-0.3, -0.25) is 4.98 Å². The summed E-state index contributed by atoms with van der Waals surface area (Å²) in [5.74, 6) is 0. The van der Waals surface area contributed by atoms with Crippen LogP contribution >= 0.6 is 11.3 Å². The zero-order chi connectivity index (χ0) is 8.55. The van der Waals surface area contributed by atoms with E-state index in [0.717, 1.165) is 20.5 Å². The molecule has 0 unspecified atom stereocenters. The van der Waals surface area contributed by atoms with Gasteiger partial charge in [-0.1, -0.05) is 0 Å². The molecule has 0 fully saturated rings. The van der Waals surface area contributed by atoms with Crippen LogP contribution in [0.25, 0.3) is 10.1 Å². The van der Waals surface area contributed by atoms with Gasteiger partial charge in [-0.25, -0.2) is 0 Å². The van der Waals surface area contributed by atoms with Gasteiger partial charge < -0.3 is 0 Å². The van der Waals surface area contributed by atoms with E-state index >= 15 is 0 Å². The molecule has 0 bridgehead atoms. The van der Waals surface area contributed by atoms with Crippen LogP contribution in [0.4, 0.5) is 0 Å². The molecule has 0 atom stereocenters. The number of aryl methyl sites for hydroxylation is 1. The fourth-order valence-corrected chi connectivity index (χ4v) is 2.05. The Morgan fingerprint density at radius 2 is 2.33 bits per heavy atom. The Balaban J connectivity index is 2.85. The molecule has 0 N–H and O–H groups in total. The van der Waals surface area contributed by atoms with Crippen molar-refractivity contribution in [2.24, 2.45) is 0 Å². The average Bonchev–Trinajstić information content (AvgIpc) is 2.49. The van der Waals surface area contributed by atoms with Crippen molar-refractivity contribution in [3.05, 3.63) is 28.9 Å². The maximum absolute atomic E-state index is 8.67. The first-order valence-corrected chi connectivity index (χ1v) is 4.37. The highest BCUT2D eigenvalue weighted by Crippen LogP contribution is 2.26. The van der Waals surface area contributed by atoms with Crippen LogP contribution in [0.1, 0.15) is 10.4 Å². The summed E-state index contributed by atoms with van der Waals surface area (Å²) in [6, 6.07) is 4.05. The van der Waals surface area contributed by atoms with E-state index in [1.165, 1.54) is 11.3 Å². The smallest absolute Gasteiger partial charge is 0.110 e. The molecule has 0 amide bonds. The first kappa shape index (κ1) is 7.26. The van der Waals surface area contributed by atoms with Crippen molar-refractivity contribution >= 4 is 21.4 Å². The van der Waals surface area contributed by atoms with Crippen molar-refractivity contribution < 1.29 is 0 Å². The van der Waals surface area contributed by atoms with E-state index in [-0.39, 0.29) is 0 Å². The zero-order valence-corrected chi connectivity index (χ0v) is 7.35. The van der Waals surface area contributed by atoms with Crippen molar-refractivity contribution in [3.8, 4) is 6.07 Å². The Morgan fingerprint density at radius 1 is 1.50 bits per heavy atom. The van der Waals surface area contributed by atoms with Crippen LogP contribution in [0, 0.1) is 18.3 Å². The number of fused-ring (bicyclic) bond motifs is 1. The molecular weight excluding hydrogens is 168 g/mol. The van der Waals surface area contributed by atoms with Crippen LogP contribution in [0.15, 0.2) is 18.5 Å². The largest absolute Gasteiger partial charge is 0.263 e. The Hall–Kier alpha value is -1.40. The highest BCUT2D eigenvalue weighted by Gasteiger charge is 2.02. The van der Waals surface area contributed by atoms with Crippen LogP contribution in [-0.4, -0.2) is 4.98 Å². The van der Waals surface area contributed by atoms with Crippen molar-refractivity contribution in [1.29, 1.82) is 5.26 Å². The first-order chi connectivity index (χ1) is 5.81. The third-order valence-corrected chi connectivity index (χ3v) is 2.73. The van der Waals surface area contributed by atoms with E-state index in [0.29, 0.717) is 0 Å². The van der Waals surface area contributed by atoms with Crippen molar-refractivity contribution in [3.63, 3.8) is 0 Å². The molecule has 2 aromatic rings. The molecule has 2 nitrogen and oxygen atoms in total. The van der Waals surface area contributed by atoms with Crippen molar-refractivity contribution in [2.75, 3.05) is 0 Å². The summed E-state index contributed by atoms with van der Waals surface area (Å²) >= 11 is 1.49. The Labute approximate surface area is 74.1 Å². The van der Waals surface area contributed by atoms with E-state index in [4.69, 9.17) is 5.26 Å². The second-order valence-electron chi connectivity index (χ2n) is 2.59. The molecule has 2 rings (SSSR count). The topological polar surface area (TPSA) is 36.7 Å². The number of aromatic nitrogens is 1. The molecule has 2 heterocycles. The molecule has 12 heavy (non-hydrogen) atoms. The Morgan fingerprint density at radius 3 is 3.00 bits per heavy atom. The van der Waals surface area contributed by atoms with E-state index < -0.39 is 0 Å². The van der Waals surface area contributed by atoms with Crippen molar-refractivity contribution in [1.82, 2.24) is 4.98 Å². The molecule has 0 spiro atoms. The van der Waals surface area contributed by atoms with Gasteiger partial charge in [-0.15, -0.1) is 11.3 Å². The van der Waals surface area contributed by atoms with E-state index in [1.54, 1.807) is 6.20 Å². The number of thiophene rings is 1. The lowest BCUT2D eigenvalue weighted by Gasteiger charge is -1.90. The third-order valence-electron chi connectivity index (χ3n) is 1.76. The quantitative estimate of drug-likeness (QED) is 0.615. The molecule has 0 saturated heterocycles. The number of nitrogens with zero attached hydrogens (tertiary/aromatic N) is 2. The second kappa shape index (κ2) is 2.58. The fourth-order valence-electron chi connectivity index (χ4n) is 1.15. The maximum Gasteiger partial charge on any atom is 0.110 e. The minimum absolute atomic E-state index is 0.751. The van der Waals surface area contributed by atoms with Gasteiger partial charge in [0.15, 0.2) is 0 Å². The molecule has 0 aliphatic heterocycles. The SMILES string of the molecule is Cc1cncc2sc(C#N)cc12. The maximum atomic E-state index is 8.67. The molecule has 0 aliphatic carbocycles. The summed E-state index contributed by atoms with van der Waals surface area (Å²) in [5.41, 5.74) is 1.13. The minimum Gasteiger partial charge on any atom is -0.263 e. The van der Waals surface area contributed by atoms with Gasteiger partial charge >= 0.3 is 0 Å². The summed E-state index contributed by atoms with van der Waals surface area (Å²) < 4.78 is 1.09. The Kier molecular flexibility index (Phi) is 1.56. The molecule has 3 heteroatoms. The van der Waals surface area contributed by atoms with Gasteiger partial charge in [0.25, 0.3) is 0 Å². The van der Waals surface area contributed by atoms with Gasteiger partial charge in [0.05, 0.1) is 4.70 Å². The highest BCUT2D eigenvalue weighted by atomic mass is 32.1. The van der Waals surface area contributed by atoms with Crippen LogP contribution in [0.5, 0.6) is 0 Å². The summed E-state index contributed by atoms with van der Waals surface area (Å²) in [6.07, 6.45) is 3.62. The molecule has 58 valence electrons. The molecule has 0 aliphatic rings. The lowest BCUT2D eigenvalue weighted by atomic mass is 10.2. The second-order valence-corrected chi connectivity index (χ2v) is 3.67. The van der Waals surface area contributed by atoms with Crippen LogP contribution < -0.4 is 0 Å². The summed E-state index contributed by atoms with van der Waals surface area (Å²) in [7, 11) is 0. The lowest BCUT2D eigenvalue weighted by Crippen LogP contribution is -1.74. The van der Waals surface area contributed by atoms with Crippen LogP contribution in [-0.2, 0) is 0 Å². The predicted molar refractivity (Wildman–Crippen MR) is 49.1 cm³/mol. The zero-order valence-electron chi connectivity index (χ0n) is 6.53. The minimum atomic E-state index is 0.751.